The van der Waals surface area contributed by atoms with E-state index < -0.39 is 10.8 Å². The van der Waals surface area contributed by atoms with Gasteiger partial charge < -0.3 is 10.1 Å². The van der Waals surface area contributed by atoms with E-state index >= 15 is 0 Å². The maximum absolute atomic E-state index is 12.4. The molecule has 2 aromatic heterocycles. The van der Waals surface area contributed by atoms with Crippen LogP contribution >= 0.6 is 0 Å². The SMILES string of the molecule is Cc1ccn(-c2ccc(Oc3ccc(NC(=O)c4ccccc4[N+](=O)[O-])cc3)nn2)n1. The minimum atomic E-state index is -0.592. The van der Waals surface area contributed by atoms with Gasteiger partial charge >= 0.3 is 0 Å². The van der Waals surface area contributed by atoms with Crippen molar-refractivity contribution in [1.29, 1.82) is 0 Å². The van der Waals surface area contributed by atoms with Crippen LogP contribution in [0.15, 0.2) is 72.9 Å². The number of para-hydroxylation sites is 1. The minimum absolute atomic E-state index is 0.0180. The molecule has 0 unspecified atom stereocenters. The Hall–Kier alpha value is -4.60. The Balaban J connectivity index is 1.42. The topological polar surface area (TPSA) is 125 Å². The van der Waals surface area contributed by atoms with E-state index in [1.165, 1.54) is 18.2 Å². The molecule has 4 rings (SSSR count). The normalized spacial score (nSPS) is 10.5. The third-order valence-corrected chi connectivity index (χ3v) is 4.26. The first-order valence-electron chi connectivity index (χ1n) is 9.19. The largest absolute Gasteiger partial charge is 0.438 e. The lowest BCUT2D eigenvalue weighted by Crippen LogP contribution is -2.13. The van der Waals surface area contributed by atoms with Gasteiger partial charge in [0.25, 0.3) is 11.6 Å². The smallest absolute Gasteiger partial charge is 0.282 e. The molecule has 10 heteroatoms. The number of amides is 1. The Morgan fingerprint density at radius 3 is 2.45 bits per heavy atom. The van der Waals surface area contributed by atoms with Crippen LogP contribution in [0.2, 0.25) is 0 Å². The van der Waals surface area contributed by atoms with Crippen LogP contribution in [0, 0.1) is 17.0 Å². The van der Waals surface area contributed by atoms with Gasteiger partial charge in [-0.25, -0.2) is 4.68 Å². The van der Waals surface area contributed by atoms with E-state index in [2.05, 4.69) is 20.6 Å². The number of hydrogen-bond donors (Lipinski definition) is 1. The van der Waals surface area contributed by atoms with E-state index in [1.54, 1.807) is 53.3 Å². The molecule has 0 atom stereocenters. The highest BCUT2D eigenvalue weighted by Crippen LogP contribution is 2.23. The number of carbonyl (C=O) groups is 1. The van der Waals surface area contributed by atoms with Crippen molar-refractivity contribution in [2.24, 2.45) is 0 Å². The lowest BCUT2D eigenvalue weighted by atomic mass is 10.1. The molecule has 0 aliphatic carbocycles. The summed E-state index contributed by atoms with van der Waals surface area (Å²) in [7, 11) is 0. The Morgan fingerprint density at radius 2 is 1.81 bits per heavy atom. The molecule has 10 nitrogen and oxygen atoms in total. The molecule has 0 saturated carbocycles. The first-order chi connectivity index (χ1) is 15.0. The first kappa shape index (κ1) is 19.7. The van der Waals surface area contributed by atoms with Crippen LogP contribution in [0.1, 0.15) is 16.1 Å². The molecule has 0 aliphatic heterocycles. The standard InChI is InChI=1S/C21H16N6O4/c1-14-12-13-26(25-14)19-10-11-20(24-23-19)31-16-8-6-15(7-9-16)22-21(28)17-4-2-3-5-18(17)27(29)30/h2-13H,1H3,(H,22,28). The summed E-state index contributed by atoms with van der Waals surface area (Å²) in [6.45, 7) is 1.88. The molecule has 1 N–H and O–H groups in total. The molecule has 0 spiro atoms. The highest BCUT2D eigenvalue weighted by atomic mass is 16.6. The van der Waals surface area contributed by atoms with E-state index in [-0.39, 0.29) is 11.3 Å². The number of rotatable bonds is 6. The Kier molecular flexibility index (Phi) is 5.35. The van der Waals surface area contributed by atoms with Crippen molar-refractivity contribution in [3.8, 4) is 17.4 Å². The molecule has 0 aliphatic rings. The first-order valence-corrected chi connectivity index (χ1v) is 9.19. The summed E-state index contributed by atoms with van der Waals surface area (Å²) in [5.41, 5.74) is 1.06. The van der Waals surface area contributed by atoms with Crippen LogP contribution in [0.25, 0.3) is 5.82 Å². The van der Waals surface area contributed by atoms with Crippen molar-refractivity contribution in [2.75, 3.05) is 5.32 Å². The molecule has 31 heavy (non-hydrogen) atoms. The van der Waals surface area contributed by atoms with Crippen molar-refractivity contribution in [3.05, 3.63) is 94.3 Å². The van der Waals surface area contributed by atoms with Crippen LogP contribution in [0.4, 0.5) is 11.4 Å². The maximum Gasteiger partial charge on any atom is 0.282 e. The van der Waals surface area contributed by atoms with Crippen molar-refractivity contribution in [1.82, 2.24) is 20.0 Å². The third kappa shape index (κ3) is 4.53. The lowest BCUT2D eigenvalue weighted by molar-refractivity contribution is -0.385. The predicted molar refractivity (Wildman–Crippen MR) is 111 cm³/mol. The average molecular weight is 416 g/mol. The number of ether oxygens (including phenoxy) is 1. The molecule has 2 aromatic carbocycles. The van der Waals surface area contributed by atoms with Crippen LogP contribution < -0.4 is 10.1 Å². The highest BCUT2D eigenvalue weighted by molar-refractivity contribution is 6.07. The fourth-order valence-corrected chi connectivity index (χ4v) is 2.78. The average Bonchev–Trinajstić information content (AvgIpc) is 3.22. The van der Waals surface area contributed by atoms with Gasteiger partial charge in [0.15, 0.2) is 5.82 Å². The second-order valence-corrected chi connectivity index (χ2v) is 6.49. The van der Waals surface area contributed by atoms with Crippen LogP contribution in [-0.4, -0.2) is 30.8 Å². The van der Waals surface area contributed by atoms with Crippen LogP contribution in [0.3, 0.4) is 0 Å². The zero-order chi connectivity index (χ0) is 21.8. The predicted octanol–water partition coefficient (Wildman–Crippen LogP) is 3.92. The van der Waals surface area contributed by atoms with Crippen molar-refractivity contribution in [3.63, 3.8) is 0 Å². The Morgan fingerprint density at radius 1 is 1.03 bits per heavy atom. The van der Waals surface area contributed by atoms with Crippen molar-refractivity contribution < 1.29 is 14.5 Å². The number of hydrogen-bond acceptors (Lipinski definition) is 7. The quantitative estimate of drug-likeness (QED) is 0.373. The number of nitrogens with one attached hydrogen (secondary N) is 1. The number of nitro groups is 1. The van der Waals surface area contributed by atoms with Gasteiger partial charge in [-0.2, -0.15) is 5.10 Å². The molecule has 0 fully saturated rings. The molecule has 0 radical (unpaired) electrons. The van der Waals surface area contributed by atoms with Gasteiger partial charge in [0.1, 0.15) is 11.3 Å². The second-order valence-electron chi connectivity index (χ2n) is 6.49. The van der Waals surface area contributed by atoms with Gasteiger partial charge in [0.2, 0.25) is 5.88 Å². The summed E-state index contributed by atoms with van der Waals surface area (Å²) < 4.78 is 7.28. The summed E-state index contributed by atoms with van der Waals surface area (Å²) in [5.74, 6) is 0.773. The monoisotopic (exact) mass is 416 g/mol. The van der Waals surface area contributed by atoms with Gasteiger partial charge in [0.05, 0.1) is 10.6 Å². The van der Waals surface area contributed by atoms with Gasteiger partial charge in [-0.3, -0.25) is 14.9 Å². The molecule has 0 saturated heterocycles. The summed E-state index contributed by atoms with van der Waals surface area (Å²) in [5, 5.41) is 26.1. The highest BCUT2D eigenvalue weighted by Gasteiger charge is 2.19. The number of nitrogens with zero attached hydrogens (tertiary/aromatic N) is 5. The Bertz CT molecular complexity index is 1240. The van der Waals surface area contributed by atoms with E-state index in [1.807, 2.05) is 13.0 Å². The number of benzene rings is 2. The molecule has 2 heterocycles. The fraction of sp³-hybridized carbons (Fsp3) is 0.0476. The molecule has 154 valence electrons. The van der Waals surface area contributed by atoms with E-state index in [0.29, 0.717) is 23.1 Å². The molecule has 0 bridgehead atoms. The number of aromatic nitrogens is 4. The number of anilines is 1. The molecule has 1 amide bonds. The number of aryl methyl sites for hydroxylation is 1. The van der Waals surface area contributed by atoms with E-state index in [9.17, 15) is 14.9 Å². The van der Waals surface area contributed by atoms with Crippen LogP contribution in [0.5, 0.6) is 11.6 Å². The van der Waals surface area contributed by atoms with Gasteiger partial charge in [0, 0.05) is 24.0 Å². The van der Waals surface area contributed by atoms with Crippen LogP contribution in [-0.2, 0) is 0 Å². The number of nitro benzene ring substituents is 1. The Labute approximate surface area is 176 Å². The summed E-state index contributed by atoms with van der Waals surface area (Å²) >= 11 is 0. The molecular formula is C21H16N6O4. The zero-order valence-electron chi connectivity index (χ0n) is 16.3. The molecule has 4 aromatic rings. The summed E-state index contributed by atoms with van der Waals surface area (Å²) in [4.78, 5) is 22.9. The maximum atomic E-state index is 12.4. The van der Waals surface area contributed by atoms with Crippen molar-refractivity contribution in [2.45, 2.75) is 6.92 Å². The van der Waals surface area contributed by atoms with Gasteiger partial charge in [-0.15, -0.1) is 10.2 Å². The summed E-state index contributed by atoms with van der Waals surface area (Å²) in [6, 6.07) is 17.5. The van der Waals surface area contributed by atoms with E-state index in [0.717, 1.165) is 5.69 Å². The van der Waals surface area contributed by atoms with Gasteiger partial charge in [-0.1, -0.05) is 12.1 Å². The summed E-state index contributed by atoms with van der Waals surface area (Å²) in [6.07, 6.45) is 1.79. The minimum Gasteiger partial charge on any atom is -0.438 e. The number of carbonyl (C=O) groups excluding carboxylic acids is 1. The zero-order valence-corrected chi connectivity index (χ0v) is 16.3. The third-order valence-electron chi connectivity index (χ3n) is 4.26. The molecular weight excluding hydrogens is 400 g/mol. The van der Waals surface area contributed by atoms with Gasteiger partial charge in [-0.05, 0) is 49.4 Å². The lowest BCUT2D eigenvalue weighted by Gasteiger charge is -2.08. The second kappa shape index (κ2) is 8.41. The van der Waals surface area contributed by atoms with Crippen molar-refractivity contribution >= 4 is 17.3 Å². The van der Waals surface area contributed by atoms with E-state index in [4.69, 9.17) is 4.74 Å². The fourth-order valence-electron chi connectivity index (χ4n) is 2.78.